The SMILES string of the molecule is CN1C(=O)CCC1C(=O)Nc1ccc2nc(C3CC3)oc2c1. The molecule has 2 aromatic rings. The monoisotopic (exact) mass is 299 g/mol. The van der Waals surface area contributed by atoms with Gasteiger partial charge in [-0.25, -0.2) is 4.98 Å². The predicted molar refractivity (Wildman–Crippen MR) is 80.4 cm³/mol. The summed E-state index contributed by atoms with van der Waals surface area (Å²) >= 11 is 0. The highest BCUT2D eigenvalue weighted by Crippen LogP contribution is 2.40. The van der Waals surface area contributed by atoms with Gasteiger partial charge in [0.1, 0.15) is 11.6 Å². The fourth-order valence-electron chi connectivity index (χ4n) is 2.86. The average molecular weight is 299 g/mol. The van der Waals surface area contributed by atoms with Gasteiger partial charge >= 0.3 is 0 Å². The van der Waals surface area contributed by atoms with E-state index in [1.165, 1.54) is 4.90 Å². The summed E-state index contributed by atoms with van der Waals surface area (Å²) in [5, 5.41) is 2.86. The maximum Gasteiger partial charge on any atom is 0.247 e. The average Bonchev–Trinajstić information content (AvgIpc) is 3.18. The Morgan fingerprint density at radius 1 is 1.36 bits per heavy atom. The van der Waals surface area contributed by atoms with E-state index in [4.69, 9.17) is 4.42 Å². The molecule has 1 aliphatic heterocycles. The Kier molecular flexibility index (Phi) is 2.92. The van der Waals surface area contributed by atoms with Crippen LogP contribution in [0.2, 0.25) is 0 Å². The summed E-state index contributed by atoms with van der Waals surface area (Å²) in [6, 6.07) is 5.07. The van der Waals surface area contributed by atoms with Crippen LogP contribution in [0.3, 0.4) is 0 Å². The molecule has 1 saturated carbocycles. The third-order valence-electron chi connectivity index (χ3n) is 4.39. The number of carbonyl (C=O) groups excluding carboxylic acids is 2. The molecule has 2 amide bonds. The van der Waals surface area contributed by atoms with Crippen LogP contribution < -0.4 is 5.32 Å². The van der Waals surface area contributed by atoms with Gasteiger partial charge in [0, 0.05) is 31.1 Å². The lowest BCUT2D eigenvalue weighted by molar-refractivity contribution is -0.131. The summed E-state index contributed by atoms with van der Waals surface area (Å²) in [4.78, 5) is 29.8. The molecule has 0 bridgehead atoms. The van der Waals surface area contributed by atoms with Gasteiger partial charge in [-0.05, 0) is 31.4 Å². The molecule has 2 aliphatic rings. The second kappa shape index (κ2) is 4.83. The van der Waals surface area contributed by atoms with Crippen LogP contribution in [-0.2, 0) is 9.59 Å². The summed E-state index contributed by atoms with van der Waals surface area (Å²) in [6.45, 7) is 0. The molecule has 6 nitrogen and oxygen atoms in total. The first-order chi connectivity index (χ1) is 10.6. The van der Waals surface area contributed by atoms with Crippen molar-refractivity contribution in [3.8, 4) is 0 Å². The minimum atomic E-state index is -0.389. The number of hydrogen-bond donors (Lipinski definition) is 1. The molecule has 0 radical (unpaired) electrons. The zero-order valence-corrected chi connectivity index (χ0v) is 12.3. The molecule has 0 spiro atoms. The standard InChI is InChI=1S/C16H17N3O3/c1-19-12(6-7-14(19)20)15(21)17-10-4-5-11-13(8-10)22-16(18-11)9-2-3-9/h4-5,8-9,12H,2-3,6-7H2,1H3,(H,17,21). The number of nitrogens with zero attached hydrogens (tertiary/aromatic N) is 2. The third kappa shape index (κ3) is 2.24. The summed E-state index contributed by atoms with van der Waals surface area (Å²) < 4.78 is 5.75. The number of nitrogens with one attached hydrogen (secondary N) is 1. The summed E-state index contributed by atoms with van der Waals surface area (Å²) in [7, 11) is 1.67. The van der Waals surface area contributed by atoms with Crippen molar-refractivity contribution in [2.75, 3.05) is 12.4 Å². The number of carbonyl (C=O) groups is 2. The molecule has 1 aliphatic carbocycles. The second-order valence-electron chi connectivity index (χ2n) is 6.06. The van der Waals surface area contributed by atoms with Gasteiger partial charge in [0.2, 0.25) is 11.8 Å². The quantitative estimate of drug-likeness (QED) is 0.943. The number of likely N-dealkylation sites (tertiary alicyclic amines) is 1. The molecular weight excluding hydrogens is 282 g/mol. The van der Waals surface area contributed by atoms with E-state index in [0.717, 1.165) is 24.2 Å². The molecule has 1 saturated heterocycles. The Bertz CT molecular complexity index is 763. The van der Waals surface area contributed by atoms with Gasteiger partial charge in [-0.3, -0.25) is 9.59 Å². The van der Waals surface area contributed by atoms with Gasteiger partial charge in [-0.15, -0.1) is 0 Å². The molecule has 1 atom stereocenters. The predicted octanol–water partition coefficient (Wildman–Crippen LogP) is 2.26. The lowest BCUT2D eigenvalue weighted by Gasteiger charge is -2.18. The fourth-order valence-corrected chi connectivity index (χ4v) is 2.86. The van der Waals surface area contributed by atoms with Crippen LogP contribution in [-0.4, -0.2) is 34.8 Å². The number of anilines is 1. The maximum absolute atomic E-state index is 12.3. The number of aromatic nitrogens is 1. The summed E-state index contributed by atoms with van der Waals surface area (Å²) in [5.74, 6) is 1.11. The van der Waals surface area contributed by atoms with E-state index in [-0.39, 0.29) is 17.9 Å². The van der Waals surface area contributed by atoms with Gasteiger partial charge in [0.05, 0.1) is 0 Å². The Morgan fingerprint density at radius 2 is 2.18 bits per heavy atom. The minimum Gasteiger partial charge on any atom is -0.440 e. The van der Waals surface area contributed by atoms with Crippen LogP contribution in [0.25, 0.3) is 11.1 Å². The highest BCUT2D eigenvalue weighted by Gasteiger charge is 2.33. The van der Waals surface area contributed by atoms with Crippen molar-refractivity contribution >= 4 is 28.6 Å². The van der Waals surface area contributed by atoms with Crippen LogP contribution >= 0.6 is 0 Å². The smallest absolute Gasteiger partial charge is 0.247 e. The first kappa shape index (κ1) is 13.3. The summed E-state index contributed by atoms with van der Waals surface area (Å²) in [5.41, 5.74) is 2.17. The van der Waals surface area contributed by atoms with Gasteiger partial charge in [-0.2, -0.15) is 0 Å². The first-order valence-corrected chi connectivity index (χ1v) is 7.59. The van der Waals surface area contributed by atoms with Crippen molar-refractivity contribution in [1.29, 1.82) is 0 Å². The molecule has 2 heterocycles. The molecule has 4 rings (SSSR count). The third-order valence-corrected chi connectivity index (χ3v) is 4.39. The molecule has 1 aromatic carbocycles. The molecule has 1 unspecified atom stereocenters. The van der Waals surface area contributed by atoms with Gasteiger partial charge in [-0.1, -0.05) is 0 Å². The van der Waals surface area contributed by atoms with Crippen molar-refractivity contribution in [3.05, 3.63) is 24.1 Å². The van der Waals surface area contributed by atoms with E-state index in [9.17, 15) is 9.59 Å². The van der Waals surface area contributed by atoms with Gasteiger partial charge in [0.25, 0.3) is 0 Å². The van der Waals surface area contributed by atoms with E-state index in [2.05, 4.69) is 10.3 Å². The zero-order chi connectivity index (χ0) is 15.3. The Hall–Kier alpha value is -2.37. The van der Waals surface area contributed by atoms with E-state index >= 15 is 0 Å². The van der Waals surface area contributed by atoms with Crippen molar-refractivity contribution in [2.45, 2.75) is 37.6 Å². The Morgan fingerprint density at radius 3 is 2.86 bits per heavy atom. The molecular formula is C16H17N3O3. The Balaban J connectivity index is 1.53. The van der Waals surface area contributed by atoms with Crippen molar-refractivity contribution in [1.82, 2.24) is 9.88 Å². The largest absolute Gasteiger partial charge is 0.440 e. The first-order valence-electron chi connectivity index (χ1n) is 7.59. The van der Waals surface area contributed by atoms with Crippen LogP contribution in [0.1, 0.15) is 37.5 Å². The van der Waals surface area contributed by atoms with Gasteiger partial charge < -0.3 is 14.6 Å². The number of benzene rings is 1. The van der Waals surface area contributed by atoms with Crippen molar-refractivity contribution < 1.29 is 14.0 Å². The summed E-state index contributed by atoms with van der Waals surface area (Å²) in [6.07, 6.45) is 3.27. The fraction of sp³-hybridized carbons (Fsp3) is 0.438. The number of hydrogen-bond acceptors (Lipinski definition) is 4. The van der Waals surface area contributed by atoms with E-state index in [1.54, 1.807) is 13.1 Å². The van der Waals surface area contributed by atoms with Crippen LogP contribution in [0.5, 0.6) is 0 Å². The second-order valence-corrected chi connectivity index (χ2v) is 6.06. The van der Waals surface area contributed by atoms with Gasteiger partial charge in [0.15, 0.2) is 11.5 Å². The highest BCUT2D eigenvalue weighted by atomic mass is 16.3. The molecule has 114 valence electrons. The normalized spacial score (nSPS) is 21.6. The van der Waals surface area contributed by atoms with E-state index < -0.39 is 0 Å². The topological polar surface area (TPSA) is 75.4 Å². The lowest BCUT2D eigenvalue weighted by Crippen LogP contribution is -2.38. The zero-order valence-electron chi connectivity index (χ0n) is 12.3. The molecule has 2 fully saturated rings. The van der Waals surface area contributed by atoms with Crippen LogP contribution in [0.4, 0.5) is 5.69 Å². The lowest BCUT2D eigenvalue weighted by atomic mass is 10.2. The Labute approximate surface area is 127 Å². The van der Waals surface area contributed by atoms with Crippen LogP contribution in [0, 0.1) is 0 Å². The maximum atomic E-state index is 12.3. The molecule has 1 aromatic heterocycles. The molecule has 6 heteroatoms. The van der Waals surface area contributed by atoms with Crippen molar-refractivity contribution in [2.24, 2.45) is 0 Å². The molecule has 1 N–H and O–H groups in total. The highest BCUT2D eigenvalue weighted by molar-refractivity contribution is 5.99. The van der Waals surface area contributed by atoms with E-state index in [0.29, 0.717) is 30.0 Å². The minimum absolute atomic E-state index is 0.0138. The number of rotatable bonds is 3. The molecule has 22 heavy (non-hydrogen) atoms. The number of amides is 2. The van der Waals surface area contributed by atoms with Crippen LogP contribution in [0.15, 0.2) is 22.6 Å². The van der Waals surface area contributed by atoms with E-state index in [1.807, 2.05) is 12.1 Å². The number of fused-ring (bicyclic) bond motifs is 1. The number of likely N-dealkylation sites (N-methyl/N-ethyl adjacent to an activating group) is 1. The number of oxazole rings is 1. The van der Waals surface area contributed by atoms with Crippen molar-refractivity contribution in [3.63, 3.8) is 0 Å².